The molecule has 2 aromatic carbocycles. The van der Waals surface area contributed by atoms with Crippen LogP contribution >= 0.6 is 50.7 Å². The molecule has 0 aliphatic heterocycles. The third-order valence-corrected chi connectivity index (χ3v) is 4.36. The molecule has 0 aliphatic carbocycles. The van der Waals surface area contributed by atoms with Gasteiger partial charge in [-0.25, -0.2) is 0 Å². The van der Waals surface area contributed by atoms with E-state index < -0.39 is 0 Å². The summed E-state index contributed by atoms with van der Waals surface area (Å²) in [5.74, 6) is 0. The number of halogens is 4. The molecule has 0 radical (unpaired) electrons. The van der Waals surface area contributed by atoms with Crippen LogP contribution in [0.25, 0.3) is 0 Å². The molecule has 0 spiro atoms. The second-order valence-corrected chi connectivity index (χ2v) is 6.35. The van der Waals surface area contributed by atoms with E-state index in [2.05, 4.69) is 15.9 Å². The zero-order valence-corrected chi connectivity index (χ0v) is 13.7. The van der Waals surface area contributed by atoms with E-state index in [0.29, 0.717) is 21.5 Å². The molecule has 1 atom stereocenters. The Morgan fingerprint density at radius 2 is 1.63 bits per heavy atom. The van der Waals surface area contributed by atoms with Gasteiger partial charge in [-0.05, 0) is 47.9 Å². The van der Waals surface area contributed by atoms with Crippen LogP contribution < -0.4 is 5.73 Å². The summed E-state index contributed by atoms with van der Waals surface area (Å²) in [4.78, 5) is 0. The highest BCUT2D eigenvalue weighted by atomic mass is 79.9. The molecule has 2 rings (SSSR count). The van der Waals surface area contributed by atoms with Crippen LogP contribution in [0.15, 0.2) is 40.9 Å². The van der Waals surface area contributed by atoms with Gasteiger partial charge in [-0.2, -0.15) is 0 Å². The van der Waals surface area contributed by atoms with E-state index in [1.54, 1.807) is 6.07 Å². The van der Waals surface area contributed by atoms with Crippen LogP contribution in [0.5, 0.6) is 0 Å². The molecule has 2 N–H and O–H groups in total. The van der Waals surface area contributed by atoms with Crippen LogP contribution in [-0.4, -0.2) is 0 Å². The Hall–Kier alpha value is -0.250. The van der Waals surface area contributed by atoms with E-state index in [1.165, 1.54) is 0 Å². The number of benzene rings is 2. The maximum atomic E-state index is 6.22. The van der Waals surface area contributed by atoms with Crippen molar-refractivity contribution in [3.05, 3.63) is 67.1 Å². The van der Waals surface area contributed by atoms with Crippen molar-refractivity contribution >= 4 is 50.7 Å². The summed E-state index contributed by atoms with van der Waals surface area (Å²) in [5.41, 5.74) is 8.14. The Morgan fingerprint density at radius 3 is 2.32 bits per heavy atom. The molecule has 0 aliphatic rings. The Balaban J connectivity index is 2.25. The van der Waals surface area contributed by atoms with Crippen molar-refractivity contribution in [2.75, 3.05) is 0 Å². The lowest BCUT2D eigenvalue weighted by atomic mass is 10.00. The van der Waals surface area contributed by atoms with E-state index in [0.717, 1.165) is 15.6 Å². The van der Waals surface area contributed by atoms with E-state index in [-0.39, 0.29) is 6.04 Å². The van der Waals surface area contributed by atoms with Crippen molar-refractivity contribution in [1.82, 2.24) is 0 Å². The molecule has 5 heteroatoms. The summed E-state index contributed by atoms with van der Waals surface area (Å²) in [5, 5.41) is 1.91. The Morgan fingerprint density at radius 1 is 1.00 bits per heavy atom. The number of nitrogens with two attached hydrogens (primary N) is 1. The lowest BCUT2D eigenvalue weighted by Gasteiger charge is -2.15. The molecule has 2 aromatic rings. The fourth-order valence-electron chi connectivity index (χ4n) is 1.83. The van der Waals surface area contributed by atoms with Gasteiger partial charge in [0, 0.05) is 25.6 Å². The molecule has 1 unspecified atom stereocenters. The highest BCUT2D eigenvalue weighted by molar-refractivity contribution is 9.10. The fraction of sp³-hybridized carbons (Fsp3) is 0.143. The van der Waals surface area contributed by atoms with Crippen molar-refractivity contribution in [3.8, 4) is 0 Å². The fourth-order valence-corrected chi connectivity index (χ4v) is 3.04. The first-order chi connectivity index (χ1) is 8.97. The average molecular weight is 380 g/mol. The first-order valence-electron chi connectivity index (χ1n) is 5.62. The SMILES string of the molecule is NC(Cc1ccc(Cl)cc1Cl)c1cc(Cl)ccc1Br. The van der Waals surface area contributed by atoms with Crippen molar-refractivity contribution in [1.29, 1.82) is 0 Å². The van der Waals surface area contributed by atoms with Gasteiger partial charge in [-0.1, -0.05) is 56.8 Å². The zero-order valence-electron chi connectivity index (χ0n) is 9.84. The number of hydrogen-bond donors (Lipinski definition) is 1. The van der Waals surface area contributed by atoms with E-state index in [9.17, 15) is 0 Å². The van der Waals surface area contributed by atoms with Gasteiger partial charge in [0.25, 0.3) is 0 Å². The van der Waals surface area contributed by atoms with Crippen molar-refractivity contribution in [2.45, 2.75) is 12.5 Å². The second kappa shape index (κ2) is 6.47. The lowest BCUT2D eigenvalue weighted by molar-refractivity contribution is 0.718. The van der Waals surface area contributed by atoms with Crippen molar-refractivity contribution < 1.29 is 0 Å². The van der Waals surface area contributed by atoms with Crippen LogP contribution in [0.3, 0.4) is 0 Å². The van der Waals surface area contributed by atoms with Crippen LogP contribution in [0.4, 0.5) is 0 Å². The number of hydrogen-bond acceptors (Lipinski definition) is 1. The van der Waals surface area contributed by atoms with Gasteiger partial charge in [0.1, 0.15) is 0 Å². The van der Waals surface area contributed by atoms with Gasteiger partial charge in [-0.15, -0.1) is 0 Å². The molecule has 0 bridgehead atoms. The zero-order chi connectivity index (χ0) is 14.0. The molecular weight excluding hydrogens is 368 g/mol. The molecule has 0 fully saturated rings. The van der Waals surface area contributed by atoms with Gasteiger partial charge in [0.15, 0.2) is 0 Å². The van der Waals surface area contributed by atoms with Gasteiger partial charge < -0.3 is 5.73 Å². The molecular formula is C14H11BrCl3N. The van der Waals surface area contributed by atoms with E-state index in [4.69, 9.17) is 40.5 Å². The first kappa shape index (κ1) is 15.1. The molecule has 0 amide bonds. The minimum Gasteiger partial charge on any atom is -0.324 e. The Bertz CT molecular complexity index is 601. The third kappa shape index (κ3) is 3.87. The van der Waals surface area contributed by atoms with Gasteiger partial charge in [-0.3, -0.25) is 0 Å². The molecule has 100 valence electrons. The Kier molecular flexibility index (Phi) is 5.15. The van der Waals surface area contributed by atoms with E-state index >= 15 is 0 Å². The molecule has 0 aromatic heterocycles. The standard InChI is InChI=1S/C14H11BrCl3N/c15-12-4-3-9(16)6-11(12)14(19)5-8-1-2-10(17)7-13(8)18/h1-4,6-7,14H,5,19H2. The maximum Gasteiger partial charge on any atom is 0.0453 e. The Labute approximate surface area is 135 Å². The normalized spacial score (nSPS) is 12.5. The summed E-state index contributed by atoms with van der Waals surface area (Å²) >= 11 is 21.5. The predicted octanol–water partition coefficient (Wildman–Crippen LogP) is 5.65. The van der Waals surface area contributed by atoms with E-state index in [1.807, 2.05) is 30.3 Å². The molecule has 0 saturated heterocycles. The van der Waals surface area contributed by atoms with Gasteiger partial charge in [0.05, 0.1) is 0 Å². The van der Waals surface area contributed by atoms with Crippen LogP contribution in [0.1, 0.15) is 17.2 Å². The summed E-state index contributed by atoms with van der Waals surface area (Å²) in [6.45, 7) is 0. The highest BCUT2D eigenvalue weighted by Gasteiger charge is 2.13. The van der Waals surface area contributed by atoms with Crippen LogP contribution in [0.2, 0.25) is 15.1 Å². The van der Waals surface area contributed by atoms with Crippen molar-refractivity contribution in [2.24, 2.45) is 5.73 Å². The maximum absolute atomic E-state index is 6.22. The van der Waals surface area contributed by atoms with Crippen LogP contribution in [-0.2, 0) is 6.42 Å². The van der Waals surface area contributed by atoms with Crippen molar-refractivity contribution in [3.63, 3.8) is 0 Å². The van der Waals surface area contributed by atoms with Crippen LogP contribution in [0, 0.1) is 0 Å². The largest absolute Gasteiger partial charge is 0.324 e. The predicted molar refractivity (Wildman–Crippen MR) is 86.2 cm³/mol. The first-order valence-corrected chi connectivity index (χ1v) is 7.54. The summed E-state index contributed by atoms with van der Waals surface area (Å²) < 4.78 is 0.939. The lowest BCUT2D eigenvalue weighted by Crippen LogP contribution is -2.14. The molecule has 0 heterocycles. The smallest absolute Gasteiger partial charge is 0.0453 e. The second-order valence-electron chi connectivity index (χ2n) is 4.21. The summed E-state index contributed by atoms with van der Waals surface area (Å²) in [7, 11) is 0. The third-order valence-electron chi connectivity index (χ3n) is 2.81. The summed E-state index contributed by atoms with van der Waals surface area (Å²) in [6, 6.07) is 10.8. The van der Waals surface area contributed by atoms with Gasteiger partial charge in [0.2, 0.25) is 0 Å². The molecule has 1 nitrogen and oxygen atoms in total. The average Bonchev–Trinajstić information content (AvgIpc) is 2.35. The van der Waals surface area contributed by atoms with Gasteiger partial charge >= 0.3 is 0 Å². The molecule has 19 heavy (non-hydrogen) atoms. The minimum atomic E-state index is -0.188. The minimum absolute atomic E-state index is 0.188. The monoisotopic (exact) mass is 377 g/mol. The molecule has 0 saturated carbocycles. The highest BCUT2D eigenvalue weighted by Crippen LogP contribution is 2.30. The number of rotatable bonds is 3. The topological polar surface area (TPSA) is 26.0 Å². The quantitative estimate of drug-likeness (QED) is 0.732. The summed E-state index contributed by atoms with van der Waals surface area (Å²) in [6.07, 6.45) is 0.620.